The largest absolute Gasteiger partial charge is 0.486 e. The van der Waals surface area contributed by atoms with Gasteiger partial charge in [-0.25, -0.2) is 4.79 Å². The number of rotatable bonds is 8. The molecule has 1 N–H and O–H groups in total. The zero-order chi connectivity index (χ0) is 20.8. The summed E-state index contributed by atoms with van der Waals surface area (Å²) in [6.45, 7) is 5.24. The van der Waals surface area contributed by atoms with Crippen molar-refractivity contribution in [2.24, 2.45) is 0 Å². The van der Waals surface area contributed by atoms with Gasteiger partial charge in [0.25, 0.3) is 5.91 Å². The van der Waals surface area contributed by atoms with Gasteiger partial charge in [0.1, 0.15) is 19.3 Å². The van der Waals surface area contributed by atoms with Crippen LogP contribution < -0.4 is 14.8 Å². The van der Waals surface area contributed by atoms with Crippen LogP contribution in [-0.2, 0) is 14.3 Å². The monoisotopic (exact) mass is 419 g/mol. The van der Waals surface area contributed by atoms with Crippen LogP contribution in [0.4, 0.5) is 0 Å². The van der Waals surface area contributed by atoms with E-state index in [0.717, 1.165) is 16.2 Å². The highest BCUT2D eigenvalue weighted by Gasteiger charge is 2.23. The maximum absolute atomic E-state index is 12.7. The number of esters is 1. The molecule has 2 aromatic rings. The van der Waals surface area contributed by atoms with Gasteiger partial charge in [-0.1, -0.05) is 0 Å². The number of carbonyl (C=O) groups is 2. The van der Waals surface area contributed by atoms with Gasteiger partial charge in [-0.15, -0.1) is 11.3 Å². The van der Waals surface area contributed by atoms with Crippen LogP contribution in [0.2, 0.25) is 0 Å². The number of hydrogen-bond acceptors (Lipinski definition) is 7. The van der Waals surface area contributed by atoms with Gasteiger partial charge < -0.3 is 24.3 Å². The van der Waals surface area contributed by atoms with Crippen molar-refractivity contribution >= 4 is 23.2 Å². The van der Waals surface area contributed by atoms with E-state index in [9.17, 15) is 9.59 Å². The predicted molar refractivity (Wildman–Crippen MR) is 110 cm³/mol. The summed E-state index contributed by atoms with van der Waals surface area (Å²) in [4.78, 5) is 26.1. The first kappa shape index (κ1) is 21.1. The first-order valence-corrected chi connectivity index (χ1v) is 10.3. The van der Waals surface area contributed by atoms with Gasteiger partial charge in [0.05, 0.1) is 18.1 Å². The van der Waals surface area contributed by atoms with Crippen molar-refractivity contribution in [1.82, 2.24) is 5.32 Å². The number of hydrogen-bond donors (Lipinski definition) is 1. The Balaban J connectivity index is 1.68. The Morgan fingerprint density at radius 3 is 2.62 bits per heavy atom. The Bertz CT molecular complexity index is 863. The molecule has 3 rings (SSSR count). The number of nitrogens with one attached hydrogen (secondary N) is 1. The number of ether oxygens (including phenoxy) is 4. The van der Waals surface area contributed by atoms with Gasteiger partial charge >= 0.3 is 5.97 Å². The maximum atomic E-state index is 12.7. The Morgan fingerprint density at radius 1 is 1.14 bits per heavy atom. The molecule has 0 saturated heterocycles. The average molecular weight is 419 g/mol. The minimum Gasteiger partial charge on any atom is -0.486 e. The topological polar surface area (TPSA) is 83.1 Å². The lowest BCUT2D eigenvalue weighted by Gasteiger charge is -2.18. The van der Waals surface area contributed by atoms with Crippen molar-refractivity contribution in [2.75, 3.05) is 26.9 Å². The lowest BCUT2D eigenvalue weighted by Crippen LogP contribution is -2.42. The molecule has 0 spiro atoms. The van der Waals surface area contributed by atoms with E-state index < -0.39 is 12.0 Å². The zero-order valence-electron chi connectivity index (χ0n) is 16.7. The molecule has 156 valence electrons. The summed E-state index contributed by atoms with van der Waals surface area (Å²) in [5.74, 6) is 0.608. The Morgan fingerprint density at radius 2 is 1.90 bits per heavy atom. The number of amides is 1. The molecule has 1 aromatic carbocycles. The summed E-state index contributed by atoms with van der Waals surface area (Å²) in [5.41, 5.74) is 0.938. The van der Waals surface area contributed by atoms with Gasteiger partial charge in [-0.3, -0.25) is 4.79 Å². The lowest BCUT2D eigenvalue weighted by molar-refractivity contribution is -0.143. The summed E-state index contributed by atoms with van der Waals surface area (Å²) in [5, 5.41) is 2.74. The molecule has 29 heavy (non-hydrogen) atoms. The Labute approximate surface area is 173 Å². The van der Waals surface area contributed by atoms with Crippen LogP contribution in [0.15, 0.2) is 30.3 Å². The van der Waals surface area contributed by atoms with Crippen molar-refractivity contribution in [3.05, 3.63) is 35.2 Å². The van der Waals surface area contributed by atoms with Crippen molar-refractivity contribution in [2.45, 2.75) is 32.4 Å². The molecule has 0 aliphatic carbocycles. The minimum absolute atomic E-state index is 0.0508. The molecule has 0 bridgehead atoms. The molecule has 0 unspecified atom stereocenters. The third-order valence-electron chi connectivity index (χ3n) is 4.31. The van der Waals surface area contributed by atoms with E-state index in [0.29, 0.717) is 36.9 Å². The first-order valence-electron chi connectivity index (χ1n) is 9.48. The number of thiophene rings is 1. The minimum atomic E-state index is -0.758. The van der Waals surface area contributed by atoms with E-state index in [1.165, 1.54) is 18.4 Å². The second-order valence-electron chi connectivity index (χ2n) is 6.78. The highest BCUT2D eigenvalue weighted by Crippen LogP contribution is 2.36. The van der Waals surface area contributed by atoms with E-state index >= 15 is 0 Å². The molecule has 0 fully saturated rings. The maximum Gasteiger partial charge on any atom is 0.328 e. The fraction of sp³-hybridized carbons (Fsp3) is 0.429. The summed E-state index contributed by atoms with van der Waals surface area (Å²) in [6, 6.07) is 8.56. The van der Waals surface area contributed by atoms with Crippen LogP contribution in [0.1, 0.15) is 29.9 Å². The second kappa shape index (κ2) is 9.76. The number of benzene rings is 1. The van der Waals surface area contributed by atoms with Crippen LogP contribution in [0.5, 0.6) is 11.5 Å². The van der Waals surface area contributed by atoms with Crippen LogP contribution in [-0.4, -0.2) is 51.0 Å². The molecular weight excluding hydrogens is 394 g/mol. The third-order valence-corrected chi connectivity index (χ3v) is 5.44. The molecule has 1 aromatic heterocycles. The smallest absolute Gasteiger partial charge is 0.328 e. The average Bonchev–Trinajstić information content (AvgIpc) is 3.22. The van der Waals surface area contributed by atoms with Gasteiger partial charge in [0.15, 0.2) is 11.5 Å². The van der Waals surface area contributed by atoms with Crippen LogP contribution in [0.25, 0.3) is 10.4 Å². The van der Waals surface area contributed by atoms with Crippen molar-refractivity contribution in [3.63, 3.8) is 0 Å². The Hall–Kier alpha value is -2.58. The fourth-order valence-electron chi connectivity index (χ4n) is 2.85. The lowest BCUT2D eigenvalue weighted by atomic mass is 10.1. The number of fused-ring (bicyclic) bond motifs is 1. The van der Waals surface area contributed by atoms with Gasteiger partial charge in [-0.05, 0) is 49.7 Å². The molecule has 1 aliphatic heterocycles. The quantitative estimate of drug-likeness (QED) is 0.661. The summed E-state index contributed by atoms with van der Waals surface area (Å²) < 4.78 is 21.4. The van der Waals surface area contributed by atoms with E-state index in [4.69, 9.17) is 18.9 Å². The van der Waals surface area contributed by atoms with E-state index in [2.05, 4.69) is 5.32 Å². The van der Waals surface area contributed by atoms with E-state index in [-0.39, 0.29) is 12.0 Å². The van der Waals surface area contributed by atoms with Crippen molar-refractivity contribution in [1.29, 1.82) is 0 Å². The SMILES string of the molecule is COC(=O)[C@H](CCOC(C)C)NC(=O)c1ccc(-c2ccc3c(c2)OCCO3)s1. The zero-order valence-corrected chi connectivity index (χ0v) is 17.5. The first-order chi connectivity index (χ1) is 14.0. The third kappa shape index (κ3) is 5.48. The standard InChI is InChI=1S/C21H25NO6S/c1-13(2)26-9-8-15(21(24)25-3)22-20(23)19-7-6-18(29-19)14-4-5-16-17(12-14)28-11-10-27-16/h4-7,12-13,15H,8-11H2,1-3H3,(H,22,23)/t15-/m0/s1. The van der Waals surface area contributed by atoms with Crippen molar-refractivity contribution < 1.29 is 28.5 Å². The Kier molecular flexibility index (Phi) is 7.11. The summed E-state index contributed by atoms with van der Waals surface area (Å²) in [7, 11) is 1.30. The summed E-state index contributed by atoms with van der Waals surface area (Å²) >= 11 is 1.34. The molecule has 1 aliphatic rings. The summed E-state index contributed by atoms with van der Waals surface area (Å²) in [6.07, 6.45) is 0.395. The number of carbonyl (C=O) groups excluding carboxylic acids is 2. The van der Waals surface area contributed by atoms with Crippen LogP contribution >= 0.6 is 11.3 Å². The van der Waals surface area contributed by atoms with Crippen molar-refractivity contribution in [3.8, 4) is 21.9 Å². The van der Waals surface area contributed by atoms with Gasteiger partial charge in [0.2, 0.25) is 0 Å². The highest BCUT2D eigenvalue weighted by molar-refractivity contribution is 7.17. The second-order valence-corrected chi connectivity index (χ2v) is 7.86. The number of methoxy groups -OCH3 is 1. The van der Waals surface area contributed by atoms with Gasteiger partial charge in [-0.2, -0.15) is 0 Å². The molecule has 2 heterocycles. The molecule has 0 saturated carbocycles. The van der Waals surface area contributed by atoms with Crippen LogP contribution in [0, 0.1) is 0 Å². The molecule has 8 heteroatoms. The molecule has 7 nitrogen and oxygen atoms in total. The fourth-order valence-corrected chi connectivity index (χ4v) is 3.76. The van der Waals surface area contributed by atoms with Crippen LogP contribution in [0.3, 0.4) is 0 Å². The highest BCUT2D eigenvalue weighted by atomic mass is 32.1. The normalized spacial score (nSPS) is 13.8. The van der Waals surface area contributed by atoms with E-state index in [1.54, 1.807) is 6.07 Å². The molecule has 0 radical (unpaired) electrons. The van der Waals surface area contributed by atoms with Gasteiger partial charge in [0, 0.05) is 17.9 Å². The molecular formula is C21H25NO6S. The van der Waals surface area contributed by atoms with E-state index in [1.807, 2.05) is 38.1 Å². The molecule has 1 amide bonds. The molecule has 1 atom stereocenters. The predicted octanol–water partition coefficient (Wildman–Crippen LogP) is 3.27.